The third-order valence-electron chi connectivity index (χ3n) is 4.87. The molecule has 5 rings (SSSR count). The summed E-state index contributed by atoms with van der Waals surface area (Å²) in [5.74, 6) is 0.574. The van der Waals surface area contributed by atoms with E-state index in [0.29, 0.717) is 17.4 Å². The predicted molar refractivity (Wildman–Crippen MR) is 107 cm³/mol. The maximum absolute atomic E-state index is 14.1. The number of aromatic nitrogens is 6. The molecule has 0 bridgehead atoms. The van der Waals surface area contributed by atoms with Crippen LogP contribution in [0, 0.1) is 15.3 Å². The first kappa shape index (κ1) is 16.6. The van der Waals surface area contributed by atoms with Crippen LogP contribution in [-0.2, 0) is 0 Å². The highest BCUT2D eigenvalue weighted by molar-refractivity contribution is 14.1. The first-order valence-corrected chi connectivity index (χ1v) is 9.65. The highest BCUT2D eigenvalue weighted by atomic mass is 127. The molecule has 136 valence electrons. The molecule has 2 N–H and O–H groups in total. The highest BCUT2D eigenvalue weighted by Gasteiger charge is 2.37. The van der Waals surface area contributed by atoms with Crippen LogP contribution in [0.15, 0.2) is 43.0 Å². The Morgan fingerprint density at radius 3 is 2.78 bits per heavy atom. The molecule has 0 saturated heterocycles. The van der Waals surface area contributed by atoms with Crippen LogP contribution in [-0.4, -0.2) is 29.5 Å². The van der Waals surface area contributed by atoms with Crippen molar-refractivity contribution >= 4 is 39.4 Å². The Hall–Kier alpha value is -2.56. The number of halogens is 2. The molecule has 1 aromatic carbocycles. The molecule has 3 aromatic heterocycles. The van der Waals surface area contributed by atoms with Gasteiger partial charge in [-0.1, -0.05) is 17.3 Å². The molecule has 4 aromatic rings. The highest BCUT2D eigenvalue weighted by Crippen LogP contribution is 2.45. The second-order valence-corrected chi connectivity index (χ2v) is 7.83. The Labute approximate surface area is 167 Å². The molecule has 1 saturated carbocycles. The van der Waals surface area contributed by atoms with Gasteiger partial charge in [0.1, 0.15) is 35.0 Å². The van der Waals surface area contributed by atoms with Crippen molar-refractivity contribution in [3.05, 3.63) is 58.1 Å². The lowest BCUT2D eigenvalue weighted by atomic mass is 10.1. The third kappa shape index (κ3) is 2.76. The summed E-state index contributed by atoms with van der Waals surface area (Å²) in [6.07, 6.45) is 7.51. The van der Waals surface area contributed by atoms with E-state index in [4.69, 9.17) is 5.73 Å². The van der Waals surface area contributed by atoms with E-state index in [9.17, 15) is 4.39 Å². The number of nitrogens with zero attached hydrogens (tertiary/aromatic N) is 6. The van der Waals surface area contributed by atoms with E-state index < -0.39 is 0 Å². The van der Waals surface area contributed by atoms with E-state index in [1.165, 1.54) is 17.1 Å². The minimum Gasteiger partial charge on any atom is -0.383 e. The lowest BCUT2D eigenvalue weighted by Gasteiger charge is -2.16. The molecule has 0 aliphatic heterocycles. The molecular weight excluding hydrogens is 460 g/mol. The van der Waals surface area contributed by atoms with Crippen molar-refractivity contribution in [2.45, 2.75) is 18.9 Å². The first-order valence-electron chi connectivity index (χ1n) is 8.57. The first-order chi connectivity index (χ1) is 13.1. The Bertz CT molecular complexity index is 1150. The number of rotatable bonds is 4. The van der Waals surface area contributed by atoms with E-state index >= 15 is 0 Å². The molecule has 27 heavy (non-hydrogen) atoms. The summed E-state index contributed by atoms with van der Waals surface area (Å²) in [5.41, 5.74) is 8.00. The molecule has 3 heterocycles. The van der Waals surface area contributed by atoms with E-state index in [1.54, 1.807) is 24.4 Å². The largest absolute Gasteiger partial charge is 0.383 e. The summed E-state index contributed by atoms with van der Waals surface area (Å²) in [6.45, 7) is 0. The van der Waals surface area contributed by atoms with Gasteiger partial charge in [-0.25, -0.2) is 19.0 Å². The number of anilines is 1. The topological polar surface area (TPSA) is 87.4 Å². The maximum Gasteiger partial charge on any atom is 0.148 e. The van der Waals surface area contributed by atoms with Crippen molar-refractivity contribution in [3.63, 3.8) is 0 Å². The van der Waals surface area contributed by atoms with Gasteiger partial charge in [0.2, 0.25) is 0 Å². The molecule has 1 unspecified atom stereocenters. The number of hydrogen-bond acceptors (Lipinski definition) is 5. The molecule has 0 radical (unpaired) electrons. The molecule has 1 aliphatic carbocycles. The summed E-state index contributed by atoms with van der Waals surface area (Å²) in [7, 11) is 0. The average molecular weight is 475 g/mol. The van der Waals surface area contributed by atoms with Crippen LogP contribution in [0.25, 0.3) is 16.7 Å². The SMILES string of the molecule is Nc1ncnc2c1c(I)cn2C(c1cn(-c2ccccc2F)nn1)C1CC1. The fourth-order valence-electron chi connectivity index (χ4n) is 3.46. The number of benzene rings is 1. The van der Waals surface area contributed by atoms with Gasteiger partial charge < -0.3 is 10.3 Å². The average Bonchev–Trinajstić information content (AvgIpc) is 3.27. The zero-order valence-corrected chi connectivity index (χ0v) is 16.3. The number of nitrogens with two attached hydrogens (primary N) is 1. The van der Waals surface area contributed by atoms with Crippen molar-refractivity contribution in [1.82, 2.24) is 29.5 Å². The van der Waals surface area contributed by atoms with Crippen LogP contribution < -0.4 is 5.73 Å². The third-order valence-corrected chi connectivity index (χ3v) is 5.69. The van der Waals surface area contributed by atoms with Crippen LogP contribution >= 0.6 is 22.6 Å². The Kier molecular flexibility index (Phi) is 3.85. The molecule has 0 spiro atoms. The van der Waals surface area contributed by atoms with Gasteiger partial charge in [0, 0.05) is 9.77 Å². The Morgan fingerprint density at radius 2 is 2.00 bits per heavy atom. The molecule has 1 aliphatic rings. The summed E-state index contributed by atoms with van der Waals surface area (Å²) in [4.78, 5) is 8.55. The van der Waals surface area contributed by atoms with Crippen LogP contribution in [0.2, 0.25) is 0 Å². The van der Waals surface area contributed by atoms with E-state index in [0.717, 1.165) is 33.1 Å². The minimum atomic E-state index is -0.335. The fourth-order valence-corrected chi connectivity index (χ4v) is 4.28. The lowest BCUT2D eigenvalue weighted by Crippen LogP contribution is -2.13. The maximum atomic E-state index is 14.1. The van der Waals surface area contributed by atoms with Gasteiger partial charge in [0.05, 0.1) is 17.6 Å². The zero-order chi connectivity index (χ0) is 18.5. The van der Waals surface area contributed by atoms with Gasteiger partial charge in [0.25, 0.3) is 0 Å². The fraction of sp³-hybridized carbons (Fsp3) is 0.222. The summed E-state index contributed by atoms with van der Waals surface area (Å²) in [5, 5.41) is 9.37. The number of para-hydroxylation sites is 1. The summed E-state index contributed by atoms with van der Waals surface area (Å²) < 4.78 is 18.7. The summed E-state index contributed by atoms with van der Waals surface area (Å²) in [6, 6.07) is 6.51. The lowest BCUT2D eigenvalue weighted by molar-refractivity contribution is 0.517. The van der Waals surface area contributed by atoms with Crippen LogP contribution in [0.1, 0.15) is 24.6 Å². The summed E-state index contributed by atoms with van der Waals surface area (Å²) >= 11 is 2.25. The number of hydrogen-bond donors (Lipinski definition) is 1. The van der Waals surface area contributed by atoms with Gasteiger partial charge in [-0.05, 0) is 53.5 Å². The molecule has 9 heteroatoms. The van der Waals surface area contributed by atoms with Crippen molar-refractivity contribution in [3.8, 4) is 5.69 Å². The van der Waals surface area contributed by atoms with Gasteiger partial charge in [-0.15, -0.1) is 5.10 Å². The monoisotopic (exact) mass is 475 g/mol. The van der Waals surface area contributed by atoms with Gasteiger partial charge in [-0.3, -0.25) is 0 Å². The standard InChI is InChI=1S/C18H15FIN7/c19-11-3-1-2-4-14(11)27-8-13(24-25-27)16(10-5-6-10)26-7-12(20)15-17(21)22-9-23-18(15)26/h1-4,7-10,16H,5-6H2,(H2,21,22,23). The molecule has 0 amide bonds. The molecule has 1 fully saturated rings. The van der Waals surface area contributed by atoms with E-state index in [1.807, 2.05) is 6.20 Å². The van der Waals surface area contributed by atoms with E-state index in [2.05, 4.69) is 47.4 Å². The number of nitrogen functional groups attached to an aromatic ring is 1. The van der Waals surface area contributed by atoms with Crippen LogP contribution in [0.5, 0.6) is 0 Å². The smallest absolute Gasteiger partial charge is 0.148 e. The van der Waals surface area contributed by atoms with Gasteiger partial charge in [-0.2, -0.15) is 0 Å². The Balaban J connectivity index is 1.63. The Morgan fingerprint density at radius 1 is 1.19 bits per heavy atom. The second kappa shape index (κ2) is 6.25. The van der Waals surface area contributed by atoms with Crippen LogP contribution in [0.4, 0.5) is 10.2 Å². The van der Waals surface area contributed by atoms with Crippen molar-refractivity contribution in [2.75, 3.05) is 5.73 Å². The molecule has 1 atom stereocenters. The zero-order valence-electron chi connectivity index (χ0n) is 14.1. The van der Waals surface area contributed by atoms with Gasteiger partial charge >= 0.3 is 0 Å². The molecular formula is C18H15FIN7. The predicted octanol–water partition coefficient (Wildman–Crippen LogP) is 3.34. The van der Waals surface area contributed by atoms with Crippen molar-refractivity contribution in [2.24, 2.45) is 5.92 Å². The molecule has 7 nitrogen and oxygen atoms in total. The quantitative estimate of drug-likeness (QED) is 0.458. The van der Waals surface area contributed by atoms with Gasteiger partial charge in [0.15, 0.2) is 0 Å². The number of fused-ring (bicyclic) bond motifs is 1. The van der Waals surface area contributed by atoms with Crippen LogP contribution in [0.3, 0.4) is 0 Å². The second-order valence-electron chi connectivity index (χ2n) is 6.66. The minimum absolute atomic E-state index is 0.0224. The van der Waals surface area contributed by atoms with Crippen molar-refractivity contribution in [1.29, 1.82) is 0 Å². The van der Waals surface area contributed by atoms with E-state index in [-0.39, 0.29) is 11.9 Å². The normalized spacial score (nSPS) is 15.3. The van der Waals surface area contributed by atoms with Crippen molar-refractivity contribution < 1.29 is 4.39 Å².